The minimum atomic E-state index is -4.22. The highest BCUT2D eigenvalue weighted by Crippen LogP contribution is 2.45. The van der Waals surface area contributed by atoms with Crippen molar-refractivity contribution in [1.82, 2.24) is 20.0 Å². The lowest BCUT2D eigenvalue weighted by molar-refractivity contribution is -0.172. The van der Waals surface area contributed by atoms with Gasteiger partial charge in [0, 0.05) is 49.1 Å². The van der Waals surface area contributed by atoms with Crippen LogP contribution in [-0.2, 0) is 9.16 Å². The number of likely N-dealkylation sites (tertiary alicyclic amines) is 1. The standard InChI is InChI=1S/C34H46ClF3N6O5Si/c1-20-28(27-21(2)42-48-22(27)3)40-29(41-30(20)44-17-33(18-44)15-43(16-33)19-34(36,37)38)25-13-23(9-10-26(25)35)47-14-24(11-12-46-31(39)45)49-50(7,8)32(4,5)6/h9-10,13,24H,11-12,14-19H2,1-8H3,(H2,39,45). The van der Waals surface area contributed by atoms with E-state index in [0.29, 0.717) is 77.7 Å². The van der Waals surface area contributed by atoms with Gasteiger partial charge in [-0.1, -0.05) is 37.5 Å². The fourth-order valence-electron chi connectivity index (χ4n) is 6.39. The van der Waals surface area contributed by atoms with E-state index in [9.17, 15) is 18.0 Å². The van der Waals surface area contributed by atoms with Gasteiger partial charge < -0.3 is 29.1 Å². The number of amides is 1. The third-order valence-corrected chi connectivity index (χ3v) is 14.7. The van der Waals surface area contributed by atoms with Crippen molar-refractivity contribution in [2.24, 2.45) is 11.1 Å². The summed E-state index contributed by atoms with van der Waals surface area (Å²) in [6.07, 6.45) is -5.05. The van der Waals surface area contributed by atoms with Crippen LogP contribution >= 0.6 is 11.6 Å². The summed E-state index contributed by atoms with van der Waals surface area (Å²) in [6.45, 7) is 17.6. The van der Waals surface area contributed by atoms with Gasteiger partial charge in [0.15, 0.2) is 14.1 Å². The first kappa shape index (κ1) is 37.8. The van der Waals surface area contributed by atoms with Gasteiger partial charge in [-0.05, 0) is 57.1 Å². The summed E-state index contributed by atoms with van der Waals surface area (Å²) < 4.78 is 62.2. The fourth-order valence-corrected chi connectivity index (χ4v) is 7.97. The smallest absolute Gasteiger partial charge is 0.404 e. The van der Waals surface area contributed by atoms with E-state index >= 15 is 0 Å². The Morgan fingerprint density at radius 3 is 2.38 bits per heavy atom. The number of primary amides is 1. The number of aryl methyl sites for hydroxylation is 2. The number of carbonyl (C=O) groups is 1. The summed E-state index contributed by atoms with van der Waals surface area (Å²) >= 11 is 6.78. The Morgan fingerprint density at radius 1 is 1.12 bits per heavy atom. The Balaban J connectivity index is 1.42. The number of nitrogens with zero attached hydrogens (tertiary/aromatic N) is 5. The highest BCUT2D eigenvalue weighted by molar-refractivity contribution is 6.74. The SMILES string of the molecule is Cc1noc(C)c1-c1nc(-c2cc(OCC(CCOC(N)=O)O[Si](C)(C)C(C)(C)C)ccc2Cl)nc(N2CC3(CN(CC(F)(F)F)C3)C2)c1C. The van der Waals surface area contributed by atoms with Crippen molar-refractivity contribution in [3.05, 3.63) is 40.2 Å². The predicted octanol–water partition coefficient (Wildman–Crippen LogP) is 7.32. The predicted molar refractivity (Wildman–Crippen MR) is 187 cm³/mol. The maximum atomic E-state index is 13.0. The molecule has 2 aromatic heterocycles. The first-order chi connectivity index (χ1) is 23.2. The molecule has 1 atom stereocenters. The van der Waals surface area contributed by atoms with Crippen molar-refractivity contribution in [2.45, 2.75) is 78.4 Å². The van der Waals surface area contributed by atoms with Crippen LogP contribution in [0.2, 0.25) is 23.2 Å². The van der Waals surface area contributed by atoms with E-state index < -0.39 is 27.1 Å². The molecule has 11 nitrogen and oxygen atoms in total. The molecule has 0 radical (unpaired) electrons. The highest BCUT2D eigenvalue weighted by atomic mass is 35.5. The highest BCUT2D eigenvalue weighted by Gasteiger charge is 2.54. The van der Waals surface area contributed by atoms with E-state index in [4.69, 9.17) is 45.7 Å². The van der Waals surface area contributed by atoms with Crippen LogP contribution in [0.25, 0.3) is 22.6 Å². The number of carbonyl (C=O) groups excluding carboxylic acids is 1. The molecule has 0 aliphatic carbocycles. The maximum Gasteiger partial charge on any atom is 0.404 e. The molecule has 5 rings (SSSR count). The molecule has 0 bridgehead atoms. The van der Waals surface area contributed by atoms with Crippen molar-refractivity contribution in [3.63, 3.8) is 0 Å². The normalized spacial score (nSPS) is 17.0. The van der Waals surface area contributed by atoms with Crippen LogP contribution in [0.4, 0.5) is 23.8 Å². The Hall–Kier alpha value is -3.40. The molecule has 2 N–H and O–H groups in total. The molecule has 0 saturated carbocycles. The summed E-state index contributed by atoms with van der Waals surface area (Å²) in [5.41, 5.74) is 8.36. The minimum absolute atomic E-state index is 0.0557. The monoisotopic (exact) mass is 738 g/mol. The van der Waals surface area contributed by atoms with E-state index in [1.165, 1.54) is 4.90 Å². The number of aromatic nitrogens is 3. The molecule has 1 aromatic carbocycles. The van der Waals surface area contributed by atoms with E-state index in [-0.39, 0.29) is 29.8 Å². The molecular weight excluding hydrogens is 693 g/mol. The minimum Gasteiger partial charge on any atom is -0.491 e. The third kappa shape index (κ3) is 8.38. The van der Waals surface area contributed by atoms with E-state index in [0.717, 1.165) is 11.1 Å². The van der Waals surface area contributed by atoms with Gasteiger partial charge in [-0.3, -0.25) is 4.90 Å². The Labute approximate surface area is 296 Å². The second-order valence-corrected chi connectivity index (χ2v) is 20.2. The van der Waals surface area contributed by atoms with Crippen molar-refractivity contribution < 1.29 is 36.4 Å². The molecular formula is C34H46ClF3N6O5Si. The zero-order chi connectivity index (χ0) is 36.8. The third-order valence-electron chi connectivity index (χ3n) is 9.83. The van der Waals surface area contributed by atoms with Crippen molar-refractivity contribution in [3.8, 4) is 28.4 Å². The fraction of sp³-hybridized carbons (Fsp3) is 0.588. The lowest BCUT2D eigenvalue weighted by atomic mass is 9.72. The van der Waals surface area contributed by atoms with Crippen LogP contribution in [0.15, 0.2) is 22.7 Å². The van der Waals surface area contributed by atoms with Crippen molar-refractivity contribution in [1.29, 1.82) is 0 Å². The molecule has 1 unspecified atom stereocenters. The van der Waals surface area contributed by atoms with Gasteiger partial charge in [0.2, 0.25) is 0 Å². The van der Waals surface area contributed by atoms with Crippen molar-refractivity contribution >= 4 is 31.8 Å². The number of halogens is 4. The van der Waals surface area contributed by atoms with Gasteiger partial charge in [-0.25, -0.2) is 14.8 Å². The van der Waals surface area contributed by atoms with Crippen LogP contribution in [-0.4, -0.2) is 92.7 Å². The van der Waals surface area contributed by atoms with Crippen LogP contribution in [0.1, 0.15) is 44.2 Å². The summed E-state index contributed by atoms with van der Waals surface area (Å²) in [6, 6.07) is 5.24. The summed E-state index contributed by atoms with van der Waals surface area (Å²) in [5, 5.41) is 4.48. The number of hydrogen-bond donors (Lipinski definition) is 1. The molecule has 16 heteroatoms. The molecule has 1 spiro atoms. The number of benzene rings is 1. The molecule has 274 valence electrons. The molecule has 50 heavy (non-hydrogen) atoms. The van der Waals surface area contributed by atoms with Crippen molar-refractivity contribution in [2.75, 3.05) is 50.8 Å². The number of alkyl halides is 3. The van der Waals surface area contributed by atoms with Crippen LogP contribution in [0.5, 0.6) is 5.75 Å². The maximum absolute atomic E-state index is 13.0. The molecule has 2 saturated heterocycles. The van der Waals surface area contributed by atoms with Gasteiger partial charge in [0.25, 0.3) is 0 Å². The second-order valence-electron chi connectivity index (χ2n) is 15.1. The van der Waals surface area contributed by atoms with E-state index in [1.807, 2.05) is 20.8 Å². The van der Waals surface area contributed by atoms with Gasteiger partial charge in [0.05, 0.1) is 41.2 Å². The Kier molecular flexibility index (Phi) is 10.6. The topological polar surface area (TPSA) is 129 Å². The summed E-state index contributed by atoms with van der Waals surface area (Å²) in [5.74, 6) is 2.13. The Bertz CT molecular complexity index is 1700. The quantitative estimate of drug-likeness (QED) is 0.189. The molecule has 2 aliphatic rings. The number of anilines is 1. The lowest BCUT2D eigenvalue weighted by Gasteiger charge is -2.61. The lowest BCUT2D eigenvalue weighted by Crippen LogP contribution is -2.73. The number of hydrogen-bond acceptors (Lipinski definition) is 10. The molecule has 2 fully saturated rings. The van der Waals surface area contributed by atoms with Gasteiger partial charge >= 0.3 is 12.3 Å². The average molecular weight is 739 g/mol. The largest absolute Gasteiger partial charge is 0.491 e. The summed E-state index contributed by atoms with van der Waals surface area (Å²) in [4.78, 5) is 24.7. The zero-order valence-corrected chi connectivity index (χ0v) is 31.6. The number of ether oxygens (including phenoxy) is 2. The molecule has 2 aliphatic heterocycles. The van der Waals surface area contributed by atoms with Gasteiger partial charge in [0.1, 0.15) is 23.9 Å². The van der Waals surface area contributed by atoms with E-state index in [1.54, 1.807) is 18.2 Å². The number of nitrogens with two attached hydrogens (primary N) is 1. The first-order valence-electron chi connectivity index (χ1n) is 16.6. The second kappa shape index (κ2) is 14.0. The summed E-state index contributed by atoms with van der Waals surface area (Å²) in [7, 11) is -2.21. The number of rotatable bonds is 12. The average Bonchev–Trinajstić information content (AvgIpc) is 3.29. The Morgan fingerprint density at radius 2 is 1.80 bits per heavy atom. The molecule has 3 aromatic rings. The van der Waals surface area contributed by atoms with Crippen LogP contribution < -0.4 is 15.4 Å². The van der Waals surface area contributed by atoms with Gasteiger partial charge in [-0.15, -0.1) is 0 Å². The zero-order valence-electron chi connectivity index (χ0n) is 29.8. The molecule has 1 amide bonds. The van der Waals surface area contributed by atoms with Crippen LogP contribution in [0, 0.1) is 26.2 Å². The molecule has 4 heterocycles. The van der Waals surface area contributed by atoms with E-state index in [2.05, 4.69) is 43.9 Å². The van der Waals surface area contributed by atoms with Crippen LogP contribution in [0.3, 0.4) is 0 Å². The first-order valence-corrected chi connectivity index (χ1v) is 19.8. The van der Waals surface area contributed by atoms with Gasteiger partial charge in [-0.2, -0.15) is 13.2 Å².